The van der Waals surface area contributed by atoms with Crippen LogP contribution in [0.3, 0.4) is 0 Å². The molecular formula is C15H20N4OS. The summed E-state index contributed by atoms with van der Waals surface area (Å²) in [6, 6.07) is 8.60. The van der Waals surface area contributed by atoms with Crippen LogP contribution in [-0.2, 0) is 0 Å². The van der Waals surface area contributed by atoms with Gasteiger partial charge in [0.1, 0.15) is 0 Å². The second kappa shape index (κ2) is 7.83. The fourth-order valence-electron chi connectivity index (χ4n) is 1.68. The van der Waals surface area contributed by atoms with Gasteiger partial charge in [-0.05, 0) is 44.2 Å². The highest BCUT2D eigenvalue weighted by molar-refractivity contribution is 7.99. The van der Waals surface area contributed by atoms with E-state index < -0.39 is 0 Å². The largest absolute Gasteiger partial charge is 0.464 e. The molecule has 0 fully saturated rings. The van der Waals surface area contributed by atoms with Crippen LogP contribution in [0.5, 0.6) is 6.01 Å². The van der Waals surface area contributed by atoms with Crippen LogP contribution in [0.2, 0.25) is 0 Å². The van der Waals surface area contributed by atoms with Crippen LogP contribution in [0.25, 0.3) is 0 Å². The zero-order chi connectivity index (χ0) is 15.1. The fraction of sp³-hybridized carbons (Fsp3) is 0.400. The average Bonchev–Trinajstić information content (AvgIpc) is 2.45. The predicted octanol–water partition coefficient (Wildman–Crippen LogP) is 3.55. The van der Waals surface area contributed by atoms with E-state index in [0.717, 1.165) is 17.9 Å². The first-order valence-corrected chi connectivity index (χ1v) is 7.90. The van der Waals surface area contributed by atoms with Crippen molar-refractivity contribution in [2.45, 2.75) is 37.2 Å². The lowest BCUT2D eigenvalue weighted by Gasteiger charge is -2.08. The number of ether oxygens (including phenoxy) is 1. The Balaban J connectivity index is 2.22. The molecule has 0 saturated heterocycles. The summed E-state index contributed by atoms with van der Waals surface area (Å²) in [6.07, 6.45) is 1.01. The van der Waals surface area contributed by atoms with Gasteiger partial charge in [0.25, 0.3) is 0 Å². The summed E-state index contributed by atoms with van der Waals surface area (Å²) < 4.78 is 5.41. The van der Waals surface area contributed by atoms with E-state index in [1.165, 1.54) is 17.3 Å². The number of aromatic nitrogens is 3. The SMILES string of the molecule is CCCNc1nc(OCC)nc(Sc2cccc(C)c2)n1. The van der Waals surface area contributed by atoms with Crippen molar-refractivity contribution < 1.29 is 4.74 Å². The van der Waals surface area contributed by atoms with E-state index in [1.54, 1.807) is 0 Å². The Labute approximate surface area is 129 Å². The van der Waals surface area contributed by atoms with Crippen molar-refractivity contribution in [3.05, 3.63) is 29.8 Å². The number of nitrogens with one attached hydrogen (secondary N) is 1. The molecule has 1 heterocycles. The standard InChI is InChI=1S/C15H20N4OS/c1-4-9-16-13-17-14(20-5-2)19-15(18-13)21-12-8-6-7-11(3)10-12/h6-8,10H,4-5,9H2,1-3H3,(H,16,17,18,19). The molecule has 1 aromatic heterocycles. The Morgan fingerprint density at radius 1 is 1.19 bits per heavy atom. The van der Waals surface area contributed by atoms with E-state index in [4.69, 9.17) is 4.74 Å². The molecule has 1 N–H and O–H groups in total. The number of nitrogens with zero attached hydrogens (tertiary/aromatic N) is 3. The highest BCUT2D eigenvalue weighted by atomic mass is 32.2. The molecule has 0 saturated carbocycles. The molecule has 0 radical (unpaired) electrons. The van der Waals surface area contributed by atoms with Crippen LogP contribution >= 0.6 is 11.8 Å². The van der Waals surface area contributed by atoms with E-state index in [0.29, 0.717) is 23.7 Å². The maximum atomic E-state index is 5.41. The van der Waals surface area contributed by atoms with Crippen LogP contribution in [0.4, 0.5) is 5.95 Å². The molecule has 0 spiro atoms. The third-order valence-electron chi connectivity index (χ3n) is 2.60. The lowest BCUT2D eigenvalue weighted by atomic mass is 10.2. The fourth-order valence-corrected chi connectivity index (χ4v) is 2.54. The Hall–Kier alpha value is -1.82. The zero-order valence-corrected chi connectivity index (χ0v) is 13.4. The van der Waals surface area contributed by atoms with Gasteiger partial charge in [-0.2, -0.15) is 15.0 Å². The second-order valence-electron chi connectivity index (χ2n) is 4.50. The van der Waals surface area contributed by atoms with Gasteiger partial charge >= 0.3 is 6.01 Å². The van der Waals surface area contributed by atoms with E-state index in [1.807, 2.05) is 19.1 Å². The van der Waals surface area contributed by atoms with Crippen LogP contribution in [0.15, 0.2) is 34.3 Å². The summed E-state index contributed by atoms with van der Waals surface area (Å²) in [5.41, 5.74) is 1.21. The van der Waals surface area contributed by atoms with E-state index in [-0.39, 0.29) is 0 Å². The van der Waals surface area contributed by atoms with Crippen LogP contribution in [0.1, 0.15) is 25.8 Å². The van der Waals surface area contributed by atoms with Gasteiger partial charge in [-0.15, -0.1) is 0 Å². The van der Waals surface area contributed by atoms with E-state index >= 15 is 0 Å². The molecule has 0 aliphatic heterocycles. The molecule has 112 valence electrons. The molecule has 0 aliphatic carbocycles. The summed E-state index contributed by atoms with van der Waals surface area (Å²) in [5, 5.41) is 3.81. The summed E-state index contributed by atoms with van der Waals surface area (Å²) in [6.45, 7) is 7.43. The highest BCUT2D eigenvalue weighted by Crippen LogP contribution is 2.26. The van der Waals surface area contributed by atoms with Crippen molar-refractivity contribution >= 4 is 17.7 Å². The van der Waals surface area contributed by atoms with Gasteiger partial charge in [-0.1, -0.05) is 24.6 Å². The Bertz CT molecular complexity index is 592. The van der Waals surface area contributed by atoms with Crippen molar-refractivity contribution in [2.24, 2.45) is 0 Å². The van der Waals surface area contributed by atoms with Crippen molar-refractivity contribution in [2.75, 3.05) is 18.5 Å². The molecule has 1 aromatic carbocycles. The number of hydrogen-bond acceptors (Lipinski definition) is 6. The summed E-state index contributed by atoms with van der Waals surface area (Å²) in [7, 11) is 0. The van der Waals surface area contributed by atoms with Crippen molar-refractivity contribution in [3.63, 3.8) is 0 Å². The smallest absolute Gasteiger partial charge is 0.322 e. The number of benzene rings is 1. The van der Waals surface area contributed by atoms with E-state index in [2.05, 4.69) is 46.2 Å². The first-order chi connectivity index (χ1) is 10.2. The molecular weight excluding hydrogens is 284 g/mol. The molecule has 0 unspecified atom stereocenters. The minimum atomic E-state index is 0.362. The third kappa shape index (κ3) is 4.90. The minimum absolute atomic E-state index is 0.362. The number of aryl methyl sites for hydroxylation is 1. The molecule has 5 nitrogen and oxygen atoms in total. The summed E-state index contributed by atoms with van der Waals surface area (Å²) in [4.78, 5) is 14.1. The van der Waals surface area contributed by atoms with Crippen molar-refractivity contribution in [1.29, 1.82) is 0 Å². The molecule has 2 rings (SSSR count). The van der Waals surface area contributed by atoms with Gasteiger partial charge in [0, 0.05) is 11.4 Å². The molecule has 6 heteroatoms. The van der Waals surface area contributed by atoms with Crippen LogP contribution in [-0.4, -0.2) is 28.1 Å². The minimum Gasteiger partial charge on any atom is -0.464 e. The highest BCUT2D eigenvalue weighted by Gasteiger charge is 2.08. The first kappa shape index (κ1) is 15.6. The maximum absolute atomic E-state index is 5.41. The number of anilines is 1. The van der Waals surface area contributed by atoms with Gasteiger partial charge < -0.3 is 10.1 Å². The molecule has 21 heavy (non-hydrogen) atoms. The third-order valence-corrected chi connectivity index (χ3v) is 3.45. The van der Waals surface area contributed by atoms with Gasteiger partial charge in [0.15, 0.2) is 0 Å². The van der Waals surface area contributed by atoms with Crippen molar-refractivity contribution in [3.8, 4) is 6.01 Å². The molecule has 2 aromatic rings. The molecule has 0 bridgehead atoms. The van der Waals surface area contributed by atoms with Gasteiger partial charge in [-0.3, -0.25) is 0 Å². The first-order valence-electron chi connectivity index (χ1n) is 7.08. The lowest BCUT2D eigenvalue weighted by molar-refractivity contribution is 0.308. The number of hydrogen-bond donors (Lipinski definition) is 1. The molecule has 0 atom stereocenters. The summed E-state index contributed by atoms with van der Waals surface area (Å²) in [5.74, 6) is 0.561. The monoisotopic (exact) mass is 304 g/mol. The zero-order valence-electron chi connectivity index (χ0n) is 12.6. The van der Waals surface area contributed by atoms with Crippen LogP contribution < -0.4 is 10.1 Å². The van der Waals surface area contributed by atoms with Crippen molar-refractivity contribution in [1.82, 2.24) is 15.0 Å². The number of rotatable bonds is 7. The average molecular weight is 304 g/mol. The maximum Gasteiger partial charge on any atom is 0.322 e. The van der Waals surface area contributed by atoms with Gasteiger partial charge in [0.05, 0.1) is 6.61 Å². The molecule has 0 aliphatic rings. The Kier molecular flexibility index (Phi) is 5.80. The Morgan fingerprint density at radius 3 is 2.76 bits per heavy atom. The predicted molar refractivity (Wildman–Crippen MR) is 85.1 cm³/mol. The van der Waals surface area contributed by atoms with Gasteiger partial charge in [-0.25, -0.2) is 0 Å². The normalized spacial score (nSPS) is 10.4. The molecule has 0 amide bonds. The lowest BCUT2D eigenvalue weighted by Crippen LogP contribution is -2.08. The second-order valence-corrected chi connectivity index (χ2v) is 5.54. The summed E-state index contributed by atoms with van der Waals surface area (Å²) >= 11 is 1.51. The van der Waals surface area contributed by atoms with Gasteiger partial charge in [0.2, 0.25) is 11.1 Å². The Morgan fingerprint density at radius 2 is 2.05 bits per heavy atom. The topological polar surface area (TPSA) is 59.9 Å². The van der Waals surface area contributed by atoms with Crippen LogP contribution in [0, 0.1) is 6.92 Å². The quantitative estimate of drug-likeness (QED) is 0.844. The van der Waals surface area contributed by atoms with E-state index in [9.17, 15) is 0 Å².